The van der Waals surface area contributed by atoms with Crippen LogP contribution in [0.15, 0.2) is 36.5 Å². The Kier molecular flexibility index (Phi) is 5.87. The summed E-state index contributed by atoms with van der Waals surface area (Å²) in [5.41, 5.74) is 2.35. The molecule has 2 aromatic rings. The molecule has 32 heavy (non-hydrogen) atoms. The molecule has 1 saturated heterocycles. The van der Waals surface area contributed by atoms with Crippen molar-refractivity contribution in [3.05, 3.63) is 58.9 Å². The number of carbonyl (C=O) groups excluding carboxylic acids is 1. The second-order valence-corrected chi connectivity index (χ2v) is 8.40. The molecular weight excluding hydrogens is 449 g/mol. The van der Waals surface area contributed by atoms with Crippen molar-refractivity contribution in [1.82, 2.24) is 14.4 Å². The number of anilines is 1. The van der Waals surface area contributed by atoms with Gasteiger partial charge in [0.1, 0.15) is 6.17 Å². The van der Waals surface area contributed by atoms with Crippen LogP contribution in [0, 0.1) is 11.8 Å². The van der Waals surface area contributed by atoms with E-state index in [1.807, 2.05) is 11.8 Å². The number of alkyl halides is 3. The van der Waals surface area contributed by atoms with Crippen LogP contribution in [0.4, 0.5) is 18.9 Å². The predicted molar refractivity (Wildman–Crippen MR) is 110 cm³/mol. The lowest BCUT2D eigenvalue weighted by Crippen LogP contribution is -2.46. The highest BCUT2D eigenvalue weighted by atomic mass is 35.5. The van der Waals surface area contributed by atoms with Crippen LogP contribution in [0.1, 0.15) is 46.7 Å². The van der Waals surface area contributed by atoms with Crippen molar-refractivity contribution in [3.8, 4) is 0 Å². The first-order valence-electron chi connectivity index (χ1n) is 9.97. The fourth-order valence-corrected chi connectivity index (χ4v) is 4.65. The number of carboxylic acids is 1. The van der Waals surface area contributed by atoms with Gasteiger partial charge >= 0.3 is 12.1 Å². The van der Waals surface area contributed by atoms with Crippen molar-refractivity contribution in [2.24, 2.45) is 11.8 Å². The number of ketones is 1. The number of halogens is 4. The molecule has 3 heterocycles. The van der Waals surface area contributed by atoms with Crippen LogP contribution in [0.3, 0.4) is 0 Å². The number of pyridine rings is 1. The first-order valence-corrected chi connectivity index (χ1v) is 10.3. The fourth-order valence-electron chi connectivity index (χ4n) is 4.35. The fraction of sp³-hybridized carbons (Fsp3) is 0.381. The smallest absolute Gasteiger partial charge is 0.417 e. The molecule has 2 N–H and O–H groups in total. The quantitative estimate of drug-likeness (QED) is 0.514. The van der Waals surface area contributed by atoms with Gasteiger partial charge in [-0.05, 0) is 24.5 Å². The molecule has 2 aliphatic heterocycles. The topological polar surface area (TPSA) is 85.8 Å². The molecule has 3 unspecified atom stereocenters. The molecule has 1 aromatic heterocycles. The van der Waals surface area contributed by atoms with E-state index in [4.69, 9.17) is 11.8 Å². The van der Waals surface area contributed by atoms with Crippen molar-refractivity contribution in [1.29, 1.82) is 0 Å². The van der Waals surface area contributed by atoms with Crippen molar-refractivity contribution < 1.29 is 27.9 Å². The van der Waals surface area contributed by atoms with Crippen LogP contribution in [-0.4, -0.2) is 44.4 Å². The molecule has 1 fully saturated rings. The van der Waals surface area contributed by atoms with Crippen LogP contribution in [0.25, 0.3) is 0 Å². The van der Waals surface area contributed by atoms with Gasteiger partial charge in [0.05, 0.1) is 22.9 Å². The van der Waals surface area contributed by atoms with Gasteiger partial charge in [-0.3, -0.25) is 19.5 Å². The van der Waals surface area contributed by atoms with Crippen LogP contribution >= 0.6 is 11.8 Å². The molecule has 170 valence electrons. The van der Waals surface area contributed by atoms with Gasteiger partial charge in [0, 0.05) is 42.2 Å². The minimum atomic E-state index is -4.66. The maximum Gasteiger partial charge on any atom is 0.417 e. The van der Waals surface area contributed by atoms with E-state index in [0.29, 0.717) is 30.9 Å². The predicted octanol–water partition coefficient (Wildman–Crippen LogP) is 4.17. The molecule has 0 amide bonds. The molecule has 0 saturated carbocycles. The molecule has 0 aliphatic carbocycles. The third-order valence-electron chi connectivity index (χ3n) is 5.94. The summed E-state index contributed by atoms with van der Waals surface area (Å²) in [6, 6.07) is 6.04. The molecule has 3 atom stereocenters. The summed E-state index contributed by atoms with van der Waals surface area (Å²) < 4.78 is 41.2. The number of hydrogen-bond acceptors (Lipinski definition) is 6. The lowest BCUT2D eigenvalue weighted by Gasteiger charge is -2.39. The number of nitrogens with zero attached hydrogens (tertiary/aromatic N) is 3. The Hall–Kier alpha value is -2.69. The van der Waals surface area contributed by atoms with Gasteiger partial charge in [-0.2, -0.15) is 13.2 Å². The molecule has 1 aromatic carbocycles. The van der Waals surface area contributed by atoms with Crippen molar-refractivity contribution in [2.75, 3.05) is 18.5 Å². The second kappa shape index (κ2) is 8.34. The second-order valence-electron chi connectivity index (χ2n) is 8.03. The summed E-state index contributed by atoms with van der Waals surface area (Å²) in [5, 5.41) is 9.33. The Bertz CT molecular complexity index is 1060. The van der Waals surface area contributed by atoms with Crippen LogP contribution < -0.4 is 5.43 Å². The Balaban J connectivity index is 1.60. The van der Waals surface area contributed by atoms with Gasteiger partial charge < -0.3 is 10.5 Å². The van der Waals surface area contributed by atoms with Crippen molar-refractivity contribution in [3.63, 3.8) is 0 Å². The number of carbonyl (C=O) groups is 2. The summed E-state index contributed by atoms with van der Waals surface area (Å²) >= 11 is 6.35. The van der Waals surface area contributed by atoms with Crippen LogP contribution in [0.2, 0.25) is 0 Å². The van der Waals surface area contributed by atoms with Crippen molar-refractivity contribution in [2.45, 2.75) is 25.7 Å². The molecule has 11 heteroatoms. The number of likely N-dealkylation sites (tertiary alicyclic amines) is 1. The first-order chi connectivity index (χ1) is 15.1. The highest BCUT2D eigenvalue weighted by molar-refractivity contribution is 6.15. The number of benzene rings is 1. The van der Waals surface area contributed by atoms with E-state index in [0.717, 1.165) is 12.1 Å². The van der Waals surface area contributed by atoms with E-state index in [1.54, 1.807) is 0 Å². The van der Waals surface area contributed by atoms with Gasteiger partial charge in [-0.1, -0.05) is 25.1 Å². The van der Waals surface area contributed by atoms with Gasteiger partial charge in [0.25, 0.3) is 0 Å². The Morgan fingerprint density at radius 2 is 2.00 bits per heavy atom. The van der Waals surface area contributed by atoms with Gasteiger partial charge in [0.15, 0.2) is 5.78 Å². The number of hydrazine groups is 1. The van der Waals surface area contributed by atoms with Crippen LogP contribution in [-0.2, 0) is 11.0 Å². The van der Waals surface area contributed by atoms with E-state index in [-0.39, 0.29) is 11.5 Å². The van der Waals surface area contributed by atoms with E-state index >= 15 is 0 Å². The maximum atomic E-state index is 13.3. The number of carboxylic acid groups (broad SMARTS) is 1. The average Bonchev–Trinajstić information content (AvgIpc) is 3.07. The Labute approximate surface area is 186 Å². The van der Waals surface area contributed by atoms with Crippen LogP contribution in [0.5, 0.6) is 0 Å². The zero-order valence-electron chi connectivity index (χ0n) is 16.9. The third-order valence-corrected chi connectivity index (χ3v) is 6.21. The summed E-state index contributed by atoms with van der Waals surface area (Å²) in [6.07, 6.45) is -3.47. The zero-order valence-corrected chi connectivity index (χ0v) is 17.7. The SMILES string of the molecule is CC1CN(C2c3ncc(C(=O)c4ccccc4C(F)(F)F)cc3NN2Cl)CCC1C(=O)O. The Morgan fingerprint density at radius 3 is 2.66 bits per heavy atom. The number of aromatic nitrogens is 1. The number of fused-ring (bicyclic) bond motifs is 1. The van der Waals surface area contributed by atoms with Gasteiger partial charge in [-0.25, -0.2) is 0 Å². The van der Waals surface area contributed by atoms with E-state index in [1.165, 1.54) is 28.9 Å². The molecular formula is C21H20ClF3N4O3. The van der Waals surface area contributed by atoms with E-state index < -0.39 is 41.1 Å². The summed E-state index contributed by atoms with van der Waals surface area (Å²) in [7, 11) is 0. The minimum Gasteiger partial charge on any atom is -0.481 e. The standard InChI is InChI=1S/C21H20ClF3N4O3/c1-11-10-28(7-6-13(11)20(31)32)19-17-16(27-29(19)22)8-12(9-26-17)18(30)14-4-2-3-5-15(14)21(23,24)25/h2-5,8-9,11,13,19,27H,6-7,10H2,1H3,(H,31,32). The molecule has 7 nitrogen and oxygen atoms in total. The number of rotatable bonds is 4. The normalized spacial score (nSPS) is 24.1. The summed E-state index contributed by atoms with van der Waals surface area (Å²) in [6.45, 7) is 2.82. The first kappa shape index (κ1) is 22.5. The maximum absolute atomic E-state index is 13.3. The lowest BCUT2D eigenvalue weighted by molar-refractivity contribution is -0.146. The third kappa shape index (κ3) is 4.05. The molecule has 0 bridgehead atoms. The molecule has 0 spiro atoms. The van der Waals surface area contributed by atoms with Gasteiger partial charge in [0.2, 0.25) is 0 Å². The zero-order chi connectivity index (χ0) is 23.2. The summed E-state index contributed by atoms with van der Waals surface area (Å²) in [4.78, 5) is 30.5. The molecule has 4 rings (SSSR count). The monoisotopic (exact) mass is 468 g/mol. The van der Waals surface area contributed by atoms with Crippen molar-refractivity contribution >= 4 is 29.2 Å². The largest absolute Gasteiger partial charge is 0.481 e. The lowest BCUT2D eigenvalue weighted by atomic mass is 9.86. The minimum absolute atomic E-state index is 0.00313. The van der Waals surface area contributed by atoms with E-state index in [9.17, 15) is 27.9 Å². The average molecular weight is 469 g/mol. The number of nitrogens with one attached hydrogen (secondary N) is 1. The van der Waals surface area contributed by atoms with Gasteiger partial charge in [-0.15, -0.1) is 4.53 Å². The highest BCUT2D eigenvalue weighted by Crippen LogP contribution is 2.41. The number of hydrogen-bond donors (Lipinski definition) is 2. The number of piperidine rings is 1. The highest BCUT2D eigenvalue weighted by Gasteiger charge is 2.41. The summed E-state index contributed by atoms with van der Waals surface area (Å²) in [5.74, 6) is -2.17. The Morgan fingerprint density at radius 1 is 1.28 bits per heavy atom. The number of aliphatic carboxylic acids is 1. The van der Waals surface area contributed by atoms with E-state index in [2.05, 4.69) is 10.4 Å². The molecule has 0 radical (unpaired) electrons. The molecule has 2 aliphatic rings.